The summed E-state index contributed by atoms with van der Waals surface area (Å²) in [4.78, 5) is 28.3. The molecule has 0 aliphatic heterocycles. The highest BCUT2D eigenvalue weighted by atomic mass is 16.5. The van der Waals surface area contributed by atoms with Gasteiger partial charge in [-0.05, 0) is 36.3 Å². The highest BCUT2D eigenvalue weighted by Crippen LogP contribution is 2.27. The normalized spacial score (nSPS) is 10.9. The Morgan fingerprint density at radius 3 is 2.79 bits per heavy atom. The molecule has 0 saturated carbocycles. The molecule has 0 aliphatic rings. The van der Waals surface area contributed by atoms with Crippen molar-refractivity contribution in [3.63, 3.8) is 0 Å². The average molecular weight is 383 g/mol. The van der Waals surface area contributed by atoms with Crippen LogP contribution in [-0.4, -0.2) is 48.7 Å². The third kappa shape index (κ3) is 3.99. The van der Waals surface area contributed by atoms with Crippen LogP contribution in [0.2, 0.25) is 0 Å². The minimum Gasteiger partial charge on any atom is -0.464 e. The number of aromatic amines is 1. The maximum atomic E-state index is 13.0. The second-order valence-electron chi connectivity index (χ2n) is 6.36. The number of aryl methyl sites for hydroxylation is 1. The van der Waals surface area contributed by atoms with Crippen LogP contribution in [0.25, 0.3) is 11.5 Å². The molecule has 2 aromatic heterocycles. The number of H-pyrrole nitrogens is 1. The summed E-state index contributed by atoms with van der Waals surface area (Å²) in [5.41, 5.74) is 3.74. The second kappa shape index (κ2) is 8.13. The van der Waals surface area contributed by atoms with Crippen LogP contribution in [0.1, 0.15) is 39.7 Å². The van der Waals surface area contributed by atoms with Gasteiger partial charge in [-0.15, -0.1) is 10.2 Å². The van der Waals surface area contributed by atoms with E-state index in [1.54, 1.807) is 24.3 Å². The minimum absolute atomic E-state index is 0.127. The molecule has 0 fully saturated rings. The van der Waals surface area contributed by atoms with E-state index in [1.165, 1.54) is 11.7 Å². The number of aliphatic hydroxyl groups excluding tert-OH is 1. The molecule has 2 heterocycles. The number of carbonyl (C=O) groups is 2. The number of ether oxygens (including phenoxy) is 1. The second-order valence-corrected chi connectivity index (χ2v) is 6.36. The van der Waals surface area contributed by atoms with Gasteiger partial charge in [-0.1, -0.05) is 18.2 Å². The van der Waals surface area contributed by atoms with Crippen LogP contribution in [-0.2, 0) is 22.7 Å². The Morgan fingerprint density at radius 2 is 2.07 bits per heavy atom. The molecule has 0 atom stereocenters. The largest absolute Gasteiger partial charge is 0.464 e. The maximum absolute atomic E-state index is 13.0. The average Bonchev–Trinajstić information content (AvgIpc) is 3.25. The van der Waals surface area contributed by atoms with E-state index in [4.69, 9.17) is 4.74 Å². The number of carbonyl (C=O) groups excluding carboxylic acids is 2. The molecule has 28 heavy (non-hydrogen) atoms. The summed E-state index contributed by atoms with van der Waals surface area (Å²) >= 11 is 0. The summed E-state index contributed by atoms with van der Waals surface area (Å²) in [5, 5.41) is 21.6. The minimum atomic E-state index is -0.371. The summed E-state index contributed by atoms with van der Waals surface area (Å²) < 4.78 is 4.87. The van der Waals surface area contributed by atoms with Crippen LogP contribution in [0.5, 0.6) is 0 Å². The molecule has 3 rings (SSSR count). The molecule has 3 aromatic rings. The van der Waals surface area contributed by atoms with E-state index in [2.05, 4.69) is 20.4 Å². The Balaban J connectivity index is 1.87. The van der Waals surface area contributed by atoms with Crippen LogP contribution >= 0.6 is 0 Å². The molecule has 9 nitrogen and oxygen atoms in total. The number of tetrazole rings is 1. The van der Waals surface area contributed by atoms with Crippen molar-refractivity contribution >= 4 is 11.8 Å². The summed E-state index contributed by atoms with van der Waals surface area (Å²) in [6.45, 7) is 5.27. The number of nitrogens with one attached hydrogen (secondary N) is 1. The number of esters is 1. The van der Waals surface area contributed by atoms with Gasteiger partial charge in [0.15, 0.2) is 5.78 Å². The monoisotopic (exact) mass is 383 g/mol. The van der Waals surface area contributed by atoms with Crippen LogP contribution < -0.4 is 0 Å². The lowest BCUT2D eigenvalue weighted by molar-refractivity contribution is -0.141. The zero-order chi connectivity index (χ0) is 20.3. The summed E-state index contributed by atoms with van der Waals surface area (Å²) in [5.74, 6) is -0.161. The standard InChI is InChI=1S/C19H21N5O4/c1-11-16(18(27)15-6-4-5-14(9-15)10-25)12(2)20-17(11)19-21-23-24(22-19)7-8-28-13(3)26/h4-6,9,20,25H,7-8,10H2,1-3H3. The van der Waals surface area contributed by atoms with E-state index in [9.17, 15) is 14.7 Å². The first-order chi connectivity index (χ1) is 13.4. The molecular weight excluding hydrogens is 362 g/mol. The van der Waals surface area contributed by atoms with Gasteiger partial charge in [0.05, 0.1) is 18.8 Å². The number of hydrogen-bond acceptors (Lipinski definition) is 7. The zero-order valence-electron chi connectivity index (χ0n) is 15.9. The van der Waals surface area contributed by atoms with Crippen molar-refractivity contribution in [1.82, 2.24) is 25.2 Å². The Hall–Kier alpha value is -3.33. The van der Waals surface area contributed by atoms with Gasteiger partial charge >= 0.3 is 5.97 Å². The molecular formula is C19H21N5O4. The summed E-state index contributed by atoms with van der Waals surface area (Å²) in [7, 11) is 0. The highest BCUT2D eigenvalue weighted by Gasteiger charge is 2.22. The fraction of sp³-hybridized carbons (Fsp3) is 0.316. The van der Waals surface area contributed by atoms with E-state index in [1.807, 2.05) is 13.8 Å². The third-order valence-corrected chi connectivity index (χ3v) is 4.31. The summed E-state index contributed by atoms with van der Waals surface area (Å²) in [6, 6.07) is 6.90. The molecule has 0 spiro atoms. The van der Waals surface area contributed by atoms with Crippen LogP contribution in [0.4, 0.5) is 0 Å². The number of aliphatic hydroxyl groups is 1. The van der Waals surface area contributed by atoms with Crippen LogP contribution in [0.15, 0.2) is 24.3 Å². The quantitative estimate of drug-likeness (QED) is 0.469. The highest BCUT2D eigenvalue weighted by molar-refractivity contribution is 6.11. The van der Waals surface area contributed by atoms with Crippen molar-refractivity contribution in [3.8, 4) is 11.5 Å². The van der Waals surface area contributed by atoms with Gasteiger partial charge in [-0.2, -0.15) is 4.80 Å². The number of aromatic nitrogens is 5. The lowest BCUT2D eigenvalue weighted by Crippen LogP contribution is -2.11. The fourth-order valence-electron chi connectivity index (χ4n) is 2.98. The Labute approximate surface area is 161 Å². The molecule has 0 unspecified atom stereocenters. The molecule has 2 N–H and O–H groups in total. The SMILES string of the molecule is CC(=O)OCCn1nnc(-c2[nH]c(C)c(C(=O)c3cccc(CO)c3)c2C)n1. The van der Waals surface area contributed by atoms with Crippen molar-refractivity contribution < 1.29 is 19.4 Å². The molecule has 0 saturated heterocycles. The maximum Gasteiger partial charge on any atom is 0.302 e. The topological polar surface area (TPSA) is 123 Å². The molecule has 9 heteroatoms. The third-order valence-electron chi connectivity index (χ3n) is 4.31. The van der Waals surface area contributed by atoms with Crippen LogP contribution in [0.3, 0.4) is 0 Å². The van der Waals surface area contributed by atoms with Gasteiger partial charge in [-0.25, -0.2) is 0 Å². The predicted octanol–water partition coefficient (Wildman–Crippen LogP) is 1.57. The first kappa shape index (κ1) is 19.4. The molecule has 0 amide bonds. The first-order valence-electron chi connectivity index (χ1n) is 8.76. The summed E-state index contributed by atoms with van der Waals surface area (Å²) in [6.07, 6.45) is 0. The molecule has 146 valence electrons. The smallest absolute Gasteiger partial charge is 0.302 e. The van der Waals surface area contributed by atoms with E-state index in [0.717, 1.165) is 5.56 Å². The molecule has 0 bridgehead atoms. The van der Waals surface area contributed by atoms with Gasteiger partial charge in [-0.3, -0.25) is 9.59 Å². The lowest BCUT2D eigenvalue weighted by atomic mass is 9.98. The van der Waals surface area contributed by atoms with Gasteiger partial charge < -0.3 is 14.8 Å². The number of benzene rings is 1. The number of hydrogen-bond donors (Lipinski definition) is 2. The Bertz CT molecular complexity index is 1020. The van der Waals surface area contributed by atoms with E-state index in [0.29, 0.717) is 33.9 Å². The van der Waals surface area contributed by atoms with E-state index >= 15 is 0 Å². The molecule has 0 aliphatic carbocycles. The van der Waals surface area contributed by atoms with Gasteiger partial charge in [0.2, 0.25) is 5.82 Å². The van der Waals surface area contributed by atoms with Gasteiger partial charge in [0.1, 0.15) is 6.61 Å². The van der Waals surface area contributed by atoms with Gasteiger partial charge in [0.25, 0.3) is 0 Å². The van der Waals surface area contributed by atoms with Gasteiger partial charge in [0, 0.05) is 23.7 Å². The van der Waals surface area contributed by atoms with Crippen molar-refractivity contribution in [2.45, 2.75) is 33.9 Å². The molecule has 0 radical (unpaired) electrons. The van der Waals surface area contributed by atoms with E-state index < -0.39 is 0 Å². The van der Waals surface area contributed by atoms with Crippen molar-refractivity contribution in [2.75, 3.05) is 6.61 Å². The first-order valence-corrected chi connectivity index (χ1v) is 8.76. The Kier molecular flexibility index (Phi) is 5.65. The van der Waals surface area contributed by atoms with Crippen LogP contribution in [0, 0.1) is 13.8 Å². The fourth-order valence-corrected chi connectivity index (χ4v) is 2.98. The number of rotatable bonds is 7. The number of ketones is 1. The van der Waals surface area contributed by atoms with Crippen molar-refractivity contribution in [3.05, 3.63) is 52.2 Å². The number of nitrogens with zero attached hydrogens (tertiary/aromatic N) is 4. The van der Waals surface area contributed by atoms with E-state index in [-0.39, 0.29) is 31.5 Å². The van der Waals surface area contributed by atoms with Crippen molar-refractivity contribution in [2.24, 2.45) is 0 Å². The lowest BCUT2D eigenvalue weighted by Gasteiger charge is -2.04. The zero-order valence-corrected chi connectivity index (χ0v) is 15.9. The molecule has 1 aromatic carbocycles. The Morgan fingerprint density at radius 1 is 1.29 bits per heavy atom. The predicted molar refractivity (Wildman–Crippen MR) is 99.5 cm³/mol. The van der Waals surface area contributed by atoms with Crippen molar-refractivity contribution in [1.29, 1.82) is 0 Å².